The van der Waals surface area contributed by atoms with Crippen LogP contribution in [0.2, 0.25) is 0 Å². The van der Waals surface area contributed by atoms with E-state index >= 15 is 0 Å². The van der Waals surface area contributed by atoms with Crippen LogP contribution in [0.15, 0.2) is 0 Å². The standard InChI is InChI=1S/C13H29N3O/c1-6-11(2)16(5)10-9-15-12(17)7-8-13(3,4)14/h11H,6-10,14H2,1-5H3,(H,15,17). The number of hydrogen-bond acceptors (Lipinski definition) is 3. The van der Waals surface area contributed by atoms with Crippen molar-refractivity contribution < 1.29 is 4.79 Å². The molecule has 1 unspecified atom stereocenters. The molecule has 17 heavy (non-hydrogen) atoms. The van der Waals surface area contributed by atoms with Gasteiger partial charge in [-0.3, -0.25) is 4.79 Å². The van der Waals surface area contributed by atoms with Crippen molar-refractivity contribution in [1.82, 2.24) is 10.2 Å². The average Bonchev–Trinajstić information content (AvgIpc) is 2.24. The van der Waals surface area contributed by atoms with Gasteiger partial charge in [0.15, 0.2) is 0 Å². The highest BCUT2D eigenvalue weighted by Gasteiger charge is 2.13. The Hall–Kier alpha value is -0.610. The molecule has 0 aromatic carbocycles. The molecular weight excluding hydrogens is 214 g/mol. The van der Waals surface area contributed by atoms with Gasteiger partial charge in [-0.05, 0) is 40.7 Å². The minimum absolute atomic E-state index is 0.0982. The molecule has 0 aliphatic carbocycles. The van der Waals surface area contributed by atoms with E-state index in [0.29, 0.717) is 19.0 Å². The minimum atomic E-state index is -0.259. The summed E-state index contributed by atoms with van der Waals surface area (Å²) in [6.07, 6.45) is 2.36. The third kappa shape index (κ3) is 9.12. The Morgan fingerprint density at radius 2 is 2.06 bits per heavy atom. The maximum Gasteiger partial charge on any atom is 0.220 e. The summed E-state index contributed by atoms with van der Waals surface area (Å²) in [7, 11) is 2.09. The second-order valence-corrected chi connectivity index (χ2v) is 5.58. The van der Waals surface area contributed by atoms with Crippen LogP contribution < -0.4 is 11.1 Å². The minimum Gasteiger partial charge on any atom is -0.355 e. The maximum absolute atomic E-state index is 11.5. The largest absolute Gasteiger partial charge is 0.355 e. The molecule has 0 aromatic heterocycles. The lowest BCUT2D eigenvalue weighted by Crippen LogP contribution is -2.38. The molecule has 0 aromatic rings. The van der Waals surface area contributed by atoms with E-state index < -0.39 is 0 Å². The van der Waals surface area contributed by atoms with Gasteiger partial charge in [0.25, 0.3) is 0 Å². The molecule has 1 amide bonds. The third-order valence-corrected chi connectivity index (χ3v) is 3.13. The molecule has 4 nitrogen and oxygen atoms in total. The summed E-state index contributed by atoms with van der Waals surface area (Å²) in [5.74, 6) is 0.0982. The maximum atomic E-state index is 11.5. The SMILES string of the molecule is CCC(C)N(C)CCNC(=O)CCC(C)(C)N. The van der Waals surface area contributed by atoms with E-state index in [9.17, 15) is 4.79 Å². The number of amides is 1. The van der Waals surface area contributed by atoms with Gasteiger partial charge in [-0.1, -0.05) is 6.92 Å². The van der Waals surface area contributed by atoms with Crippen molar-refractivity contribution in [3.05, 3.63) is 0 Å². The molecule has 0 fully saturated rings. The molecule has 0 aliphatic rings. The van der Waals surface area contributed by atoms with E-state index in [-0.39, 0.29) is 11.4 Å². The molecule has 1 atom stereocenters. The zero-order valence-electron chi connectivity index (χ0n) is 12.0. The lowest BCUT2D eigenvalue weighted by Gasteiger charge is -2.23. The fourth-order valence-electron chi connectivity index (χ4n) is 1.43. The van der Waals surface area contributed by atoms with Crippen LogP contribution in [0.4, 0.5) is 0 Å². The second kappa shape index (κ2) is 7.67. The van der Waals surface area contributed by atoms with Crippen LogP contribution in [0, 0.1) is 0 Å². The molecule has 0 saturated heterocycles. The number of nitrogens with one attached hydrogen (secondary N) is 1. The monoisotopic (exact) mass is 243 g/mol. The predicted molar refractivity (Wildman–Crippen MR) is 72.9 cm³/mol. The summed E-state index contributed by atoms with van der Waals surface area (Å²) >= 11 is 0. The fraction of sp³-hybridized carbons (Fsp3) is 0.923. The molecule has 3 N–H and O–H groups in total. The molecule has 0 aliphatic heterocycles. The quantitative estimate of drug-likeness (QED) is 0.676. The van der Waals surface area contributed by atoms with Gasteiger partial charge in [-0.25, -0.2) is 0 Å². The van der Waals surface area contributed by atoms with Crippen LogP contribution in [-0.2, 0) is 4.79 Å². The van der Waals surface area contributed by atoms with Crippen LogP contribution in [-0.4, -0.2) is 42.5 Å². The van der Waals surface area contributed by atoms with Gasteiger partial charge in [0.05, 0.1) is 0 Å². The fourth-order valence-corrected chi connectivity index (χ4v) is 1.43. The molecule has 0 radical (unpaired) electrons. The van der Waals surface area contributed by atoms with Gasteiger partial charge >= 0.3 is 0 Å². The normalized spacial score (nSPS) is 13.8. The molecule has 0 bridgehead atoms. The number of carbonyl (C=O) groups excluding carboxylic acids is 1. The average molecular weight is 243 g/mol. The summed E-state index contributed by atoms with van der Waals surface area (Å²) in [5, 5.41) is 2.93. The highest BCUT2D eigenvalue weighted by molar-refractivity contribution is 5.75. The van der Waals surface area contributed by atoms with Crippen molar-refractivity contribution in [1.29, 1.82) is 0 Å². The van der Waals surface area contributed by atoms with Crippen molar-refractivity contribution in [3.63, 3.8) is 0 Å². The van der Waals surface area contributed by atoms with Crippen LogP contribution in [0.1, 0.15) is 47.0 Å². The van der Waals surface area contributed by atoms with Crippen molar-refractivity contribution >= 4 is 5.91 Å². The van der Waals surface area contributed by atoms with Crippen molar-refractivity contribution in [2.45, 2.75) is 58.5 Å². The third-order valence-electron chi connectivity index (χ3n) is 3.13. The Labute approximate surface area is 106 Å². The Morgan fingerprint density at radius 3 is 2.53 bits per heavy atom. The van der Waals surface area contributed by atoms with Gasteiger partial charge < -0.3 is 16.0 Å². The Kier molecular flexibility index (Phi) is 7.39. The molecule has 0 rings (SSSR count). The predicted octanol–water partition coefficient (Wildman–Crippen LogP) is 1.35. The first-order chi connectivity index (χ1) is 7.76. The van der Waals surface area contributed by atoms with E-state index in [4.69, 9.17) is 5.73 Å². The van der Waals surface area contributed by atoms with Gasteiger partial charge in [-0.2, -0.15) is 0 Å². The molecule has 0 spiro atoms. The van der Waals surface area contributed by atoms with Gasteiger partial charge in [-0.15, -0.1) is 0 Å². The summed E-state index contributed by atoms with van der Waals surface area (Å²) in [4.78, 5) is 13.8. The number of hydrogen-bond donors (Lipinski definition) is 2. The first-order valence-corrected chi connectivity index (χ1v) is 6.52. The summed E-state index contributed by atoms with van der Waals surface area (Å²) in [5.41, 5.74) is 5.57. The molecule has 102 valence electrons. The highest BCUT2D eigenvalue weighted by atomic mass is 16.1. The molecule has 0 saturated carbocycles. The Bertz CT molecular complexity index is 223. The van der Waals surface area contributed by atoms with Gasteiger partial charge in [0.1, 0.15) is 0 Å². The van der Waals surface area contributed by atoms with Crippen molar-refractivity contribution in [3.8, 4) is 0 Å². The Morgan fingerprint density at radius 1 is 1.47 bits per heavy atom. The smallest absolute Gasteiger partial charge is 0.220 e. The van der Waals surface area contributed by atoms with Crippen LogP contribution in [0.3, 0.4) is 0 Å². The van der Waals surface area contributed by atoms with Crippen LogP contribution >= 0.6 is 0 Å². The Balaban J connectivity index is 3.65. The lowest BCUT2D eigenvalue weighted by molar-refractivity contribution is -0.121. The highest BCUT2D eigenvalue weighted by Crippen LogP contribution is 2.06. The lowest BCUT2D eigenvalue weighted by atomic mass is 10.00. The number of rotatable bonds is 8. The van der Waals surface area contributed by atoms with Crippen molar-refractivity contribution in [2.75, 3.05) is 20.1 Å². The molecular formula is C13H29N3O. The summed E-state index contributed by atoms with van der Waals surface area (Å²) < 4.78 is 0. The number of carbonyl (C=O) groups is 1. The number of likely N-dealkylation sites (N-methyl/N-ethyl adjacent to an activating group) is 1. The summed E-state index contributed by atoms with van der Waals surface area (Å²) in [6, 6.07) is 0.565. The van der Waals surface area contributed by atoms with E-state index in [2.05, 4.69) is 31.1 Å². The number of nitrogens with zero attached hydrogens (tertiary/aromatic N) is 1. The van der Waals surface area contributed by atoms with E-state index in [1.54, 1.807) is 0 Å². The topological polar surface area (TPSA) is 58.4 Å². The zero-order chi connectivity index (χ0) is 13.5. The van der Waals surface area contributed by atoms with Crippen molar-refractivity contribution in [2.24, 2.45) is 5.73 Å². The van der Waals surface area contributed by atoms with Gasteiger partial charge in [0.2, 0.25) is 5.91 Å². The van der Waals surface area contributed by atoms with E-state index in [0.717, 1.165) is 19.4 Å². The van der Waals surface area contributed by atoms with E-state index in [1.165, 1.54) is 0 Å². The molecule has 4 heteroatoms. The number of nitrogens with two attached hydrogens (primary N) is 1. The second-order valence-electron chi connectivity index (χ2n) is 5.58. The molecule has 0 heterocycles. The van der Waals surface area contributed by atoms with E-state index in [1.807, 2.05) is 13.8 Å². The van der Waals surface area contributed by atoms with Crippen LogP contribution in [0.5, 0.6) is 0 Å². The zero-order valence-corrected chi connectivity index (χ0v) is 12.0. The summed E-state index contributed by atoms with van der Waals surface area (Å²) in [6.45, 7) is 9.85. The van der Waals surface area contributed by atoms with Crippen LogP contribution in [0.25, 0.3) is 0 Å². The first kappa shape index (κ1) is 16.4. The first-order valence-electron chi connectivity index (χ1n) is 6.52. The van der Waals surface area contributed by atoms with Gasteiger partial charge in [0, 0.05) is 31.1 Å².